The number of alkyl halides is 2. The summed E-state index contributed by atoms with van der Waals surface area (Å²) in [6.07, 6.45) is 1.20. The standard InChI is InChI=1S/C22H23F3N6O2/c1-11-6-17(23)18(29-22(32)31-5-4-14(10-31)33-20(24)25)8-15(11)16-7-13-9-27-21(26-3)30-19(13)28-12(16)2/h6-9,14,20H,4-5,10H2,1-3H3,(H,29,32)(H,26,27,28,30)/t14-/m0/s1. The molecule has 1 atom stereocenters. The van der Waals surface area contributed by atoms with Gasteiger partial charge in [-0.15, -0.1) is 0 Å². The van der Waals surface area contributed by atoms with E-state index < -0.39 is 24.6 Å². The third-order valence-corrected chi connectivity index (χ3v) is 5.56. The van der Waals surface area contributed by atoms with Crippen LogP contribution in [0.15, 0.2) is 24.4 Å². The third kappa shape index (κ3) is 4.82. The lowest BCUT2D eigenvalue weighted by atomic mass is 9.97. The van der Waals surface area contributed by atoms with E-state index in [2.05, 4.69) is 30.3 Å². The molecule has 1 saturated heterocycles. The zero-order chi connectivity index (χ0) is 23.7. The summed E-state index contributed by atoms with van der Waals surface area (Å²) in [6.45, 7) is 0.944. The molecular formula is C22H23F3N6O2. The number of pyridine rings is 1. The van der Waals surface area contributed by atoms with Crippen LogP contribution in [0.25, 0.3) is 22.2 Å². The summed E-state index contributed by atoms with van der Waals surface area (Å²) in [4.78, 5) is 27.0. The molecule has 1 aliphatic rings. The van der Waals surface area contributed by atoms with Crippen molar-refractivity contribution in [1.29, 1.82) is 0 Å². The van der Waals surface area contributed by atoms with Crippen molar-refractivity contribution in [2.24, 2.45) is 0 Å². The molecule has 8 nitrogen and oxygen atoms in total. The Morgan fingerprint density at radius 1 is 1.21 bits per heavy atom. The SMILES string of the molecule is CNc1ncc2cc(-c3cc(NC(=O)N4CC[C@H](OC(F)F)C4)c(F)cc3C)c(C)nc2n1. The number of ether oxygens (including phenoxy) is 1. The number of anilines is 2. The minimum Gasteiger partial charge on any atom is -0.357 e. The molecule has 0 bridgehead atoms. The fourth-order valence-corrected chi connectivity index (χ4v) is 3.87. The first-order valence-electron chi connectivity index (χ1n) is 10.4. The van der Waals surface area contributed by atoms with Crippen LogP contribution < -0.4 is 10.6 Å². The largest absolute Gasteiger partial charge is 0.357 e. The van der Waals surface area contributed by atoms with E-state index >= 15 is 0 Å². The smallest absolute Gasteiger partial charge is 0.345 e. The van der Waals surface area contributed by atoms with E-state index in [-0.39, 0.29) is 18.8 Å². The molecule has 33 heavy (non-hydrogen) atoms. The van der Waals surface area contributed by atoms with Crippen molar-refractivity contribution in [3.8, 4) is 11.1 Å². The predicted molar refractivity (Wildman–Crippen MR) is 118 cm³/mol. The van der Waals surface area contributed by atoms with Gasteiger partial charge in [-0.25, -0.2) is 19.2 Å². The first-order chi connectivity index (χ1) is 15.7. The molecule has 0 saturated carbocycles. The Hall–Kier alpha value is -3.47. The number of aromatic nitrogens is 3. The van der Waals surface area contributed by atoms with Gasteiger partial charge in [-0.3, -0.25) is 0 Å². The van der Waals surface area contributed by atoms with Crippen molar-refractivity contribution >= 4 is 28.7 Å². The van der Waals surface area contributed by atoms with Crippen LogP contribution in [0, 0.1) is 19.7 Å². The highest BCUT2D eigenvalue weighted by atomic mass is 19.3. The molecule has 0 aliphatic carbocycles. The number of rotatable bonds is 5. The van der Waals surface area contributed by atoms with Gasteiger partial charge in [-0.2, -0.15) is 13.8 Å². The van der Waals surface area contributed by atoms with Gasteiger partial charge in [0.2, 0.25) is 5.95 Å². The van der Waals surface area contributed by atoms with Crippen LogP contribution in [-0.2, 0) is 4.74 Å². The molecule has 2 aromatic heterocycles. The Kier molecular flexibility index (Phi) is 6.32. The zero-order valence-electron chi connectivity index (χ0n) is 18.3. The Morgan fingerprint density at radius 2 is 2.00 bits per heavy atom. The van der Waals surface area contributed by atoms with E-state index in [4.69, 9.17) is 0 Å². The highest BCUT2D eigenvalue weighted by Crippen LogP contribution is 2.32. The van der Waals surface area contributed by atoms with Crippen LogP contribution in [0.3, 0.4) is 0 Å². The van der Waals surface area contributed by atoms with Gasteiger partial charge in [-0.05, 0) is 49.6 Å². The number of aryl methyl sites for hydroxylation is 2. The summed E-state index contributed by atoms with van der Waals surface area (Å²) in [5, 5.41) is 6.13. The number of likely N-dealkylation sites (tertiary alicyclic amines) is 1. The minimum absolute atomic E-state index is 0.0127. The van der Waals surface area contributed by atoms with Gasteiger partial charge in [0.1, 0.15) is 5.82 Å². The number of nitrogens with zero attached hydrogens (tertiary/aromatic N) is 4. The lowest BCUT2D eigenvalue weighted by molar-refractivity contribution is -0.158. The van der Waals surface area contributed by atoms with Gasteiger partial charge >= 0.3 is 12.6 Å². The average Bonchev–Trinajstić information content (AvgIpc) is 3.23. The highest BCUT2D eigenvalue weighted by Gasteiger charge is 2.29. The maximum absolute atomic E-state index is 14.7. The Labute approximate surface area is 188 Å². The third-order valence-electron chi connectivity index (χ3n) is 5.56. The molecule has 3 heterocycles. The molecule has 2 amide bonds. The Morgan fingerprint density at radius 3 is 2.73 bits per heavy atom. The highest BCUT2D eigenvalue weighted by molar-refractivity contribution is 5.91. The first kappa shape index (κ1) is 22.7. The molecule has 1 aromatic carbocycles. The van der Waals surface area contributed by atoms with E-state index in [1.807, 2.05) is 13.0 Å². The maximum Gasteiger partial charge on any atom is 0.345 e. The molecule has 11 heteroatoms. The average molecular weight is 460 g/mol. The summed E-state index contributed by atoms with van der Waals surface area (Å²) in [6, 6.07) is 4.17. The van der Waals surface area contributed by atoms with E-state index in [0.717, 1.165) is 5.56 Å². The van der Waals surface area contributed by atoms with Crippen LogP contribution in [0.2, 0.25) is 0 Å². The molecule has 3 aromatic rings. The molecule has 1 fully saturated rings. The van der Waals surface area contributed by atoms with Crippen molar-refractivity contribution in [2.45, 2.75) is 33.0 Å². The summed E-state index contributed by atoms with van der Waals surface area (Å²) in [7, 11) is 1.72. The van der Waals surface area contributed by atoms with E-state index in [1.165, 1.54) is 11.0 Å². The van der Waals surface area contributed by atoms with Gasteiger partial charge in [0.25, 0.3) is 0 Å². The minimum atomic E-state index is -2.90. The van der Waals surface area contributed by atoms with Crippen LogP contribution in [0.1, 0.15) is 17.7 Å². The Bertz CT molecular complexity index is 1210. The topological polar surface area (TPSA) is 92.3 Å². The van der Waals surface area contributed by atoms with Gasteiger partial charge in [0.05, 0.1) is 11.8 Å². The van der Waals surface area contributed by atoms with E-state index in [0.29, 0.717) is 40.2 Å². The lowest BCUT2D eigenvalue weighted by Gasteiger charge is -2.19. The molecule has 0 unspecified atom stereocenters. The maximum atomic E-state index is 14.7. The van der Waals surface area contributed by atoms with Crippen LogP contribution in [-0.4, -0.2) is 58.7 Å². The number of hydrogen-bond acceptors (Lipinski definition) is 6. The second-order valence-corrected chi connectivity index (χ2v) is 7.81. The first-order valence-corrected chi connectivity index (χ1v) is 10.4. The summed E-state index contributed by atoms with van der Waals surface area (Å²) in [5.41, 5.74) is 3.30. The van der Waals surface area contributed by atoms with Gasteiger partial charge < -0.3 is 20.3 Å². The van der Waals surface area contributed by atoms with Crippen LogP contribution >= 0.6 is 0 Å². The second kappa shape index (κ2) is 9.18. The number of halogens is 3. The fraction of sp³-hybridized carbons (Fsp3) is 0.364. The number of carbonyl (C=O) groups excluding carboxylic acids is 1. The molecule has 1 aliphatic heterocycles. The quantitative estimate of drug-likeness (QED) is 0.589. The van der Waals surface area contributed by atoms with Crippen molar-refractivity contribution in [2.75, 3.05) is 30.8 Å². The molecular weight excluding hydrogens is 437 g/mol. The number of hydrogen-bond donors (Lipinski definition) is 2. The molecule has 4 rings (SSSR count). The summed E-state index contributed by atoms with van der Waals surface area (Å²) >= 11 is 0. The normalized spacial score (nSPS) is 16.0. The van der Waals surface area contributed by atoms with Crippen molar-refractivity contribution in [1.82, 2.24) is 19.9 Å². The predicted octanol–water partition coefficient (Wildman–Crippen LogP) is 4.33. The number of benzene rings is 1. The monoisotopic (exact) mass is 460 g/mol. The second-order valence-electron chi connectivity index (χ2n) is 7.81. The lowest BCUT2D eigenvalue weighted by Crippen LogP contribution is -2.34. The number of carbonyl (C=O) groups is 1. The van der Waals surface area contributed by atoms with Crippen molar-refractivity contribution in [3.63, 3.8) is 0 Å². The summed E-state index contributed by atoms with van der Waals surface area (Å²) < 4.78 is 44.0. The Balaban J connectivity index is 1.61. The molecule has 0 spiro atoms. The fourth-order valence-electron chi connectivity index (χ4n) is 3.87. The molecule has 2 N–H and O–H groups in total. The molecule has 174 valence electrons. The van der Waals surface area contributed by atoms with Crippen molar-refractivity contribution < 1.29 is 22.7 Å². The number of amides is 2. The number of fused-ring (bicyclic) bond motifs is 1. The van der Waals surface area contributed by atoms with E-state index in [1.54, 1.807) is 26.2 Å². The number of urea groups is 1. The zero-order valence-corrected chi connectivity index (χ0v) is 18.3. The van der Waals surface area contributed by atoms with Gasteiger partial charge in [0.15, 0.2) is 5.65 Å². The number of nitrogens with one attached hydrogen (secondary N) is 2. The van der Waals surface area contributed by atoms with E-state index in [9.17, 15) is 18.0 Å². The summed E-state index contributed by atoms with van der Waals surface area (Å²) in [5.74, 6) is -0.147. The van der Waals surface area contributed by atoms with Gasteiger partial charge in [0, 0.05) is 43.0 Å². The molecule has 0 radical (unpaired) electrons. The van der Waals surface area contributed by atoms with Crippen LogP contribution in [0.4, 0.5) is 29.6 Å². The van der Waals surface area contributed by atoms with Crippen LogP contribution in [0.5, 0.6) is 0 Å². The van der Waals surface area contributed by atoms with Gasteiger partial charge in [-0.1, -0.05) is 0 Å². The van der Waals surface area contributed by atoms with Crippen molar-refractivity contribution in [3.05, 3.63) is 41.5 Å².